The van der Waals surface area contributed by atoms with Gasteiger partial charge in [-0.05, 0) is 48.9 Å². The number of nitrogens with one attached hydrogen (secondary N) is 1. The van der Waals surface area contributed by atoms with E-state index in [-0.39, 0.29) is 10.8 Å². The van der Waals surface area contributed by atoms with Gasteiger partial charge in [-0.25, -0.2) is 12.8 Å². The van der Waals surface area contributed by atoms with Crippen molar-refractivity contribution in [2.75, 3.05) is 21.9 Å². The topological polar surface area (TPSA) is 66.5 Å². The van der Waals surface area contributed by atoms with E-state index < -0.39 is 21.7 Å². The summed E-state index contributed by atoms with van der Waals surface area (Å²) in [4.78, 5) is 12.2. The zero-order chi connectivity index (χ0) is 17.3. The van der Waals surface area contributed by atoms with E-state index in [1.165, 1.54) is 22.5 Å². The summed E-state index contributed by atoms with van der Waals surface area (Å²) < 4.78 is 38.2. The van der Waals surface area contributed by atoms with Gasteiger partial charge in [-0.3, -0.25) is 9.10 Å². The quantitative estimate of drug-likeness (QED) is 0.904. The number of halogens is 2. The summed E-state index contributed by atoms with van der Waals surface area (Å²) in [6.07, 6.45) is 0.593. The molecule has 0 bridgehead atoms. The van der Waals surface area contributed by atoms with E-state index in [0.29, 0.717) is 29.9 Å². The fourth-order valence-electron chi connectivity index (χ4n) is 2.49. The molecule has 1 fully saturated rings. The largest absolute Gasteiger partial charge is 0.322 e. The highest BCUT2D eigenvalue weighted by molar-refractivity contribution is 7.93. The summed E-state index contributed by atoms with van der Waals surface area (Å²) >= 11 is 5.67. The van der Waals surface area contributed by atoms with Gasteiger partial charge in [0.2, 0.25) is 10.0 Å². The van der Waals surface area contributed by atoms with Crippen LogP contribution in [0.5, 0.6) is 0 Å². The molecule has 24 heavy (non-hydrogen) atoms. The Morgan fingerprint density at radius 3 is 2.46 bits per heavy atom. The second kappa shape index (κ2) is 6.41. The highest BCUT2D eigenvalue weighted by Gasteiger charge is 2.28. The van der Waals surface area contributed by atoms with Gasteiger partial charge < -0.3 is 5.32 Å². The van der Waals surface area contributed by atoms with E-state index in [1.807, 2.05) is 0 Å². The molecule has 0 radical (unpaired) electrons. The zero-order valence-corrected chi connectivity index (χ0v) is 14.1. The summed E-state index contributed by atoms with van der Waals surface area (Å²) in [6, 6.07) is 10.2. The molecular formula is C16H14ClFN2O3S. The van der Waals surface area contributed by atoms with Crippen LogP contribution in [0.1, 0.15) is 16.8 Å². The molecule has 8 heteroatoms. The minimum absolute atomic E-state index is 0.0811. The highest BCUT2D eigenvalue weighted by Crippen LogP contribution is 2.25. The van der Waals surface area contributed by atoms with E-state index in [9.17, 15) is 17.6 Å². The summed E-state index contributed by atoms with van der Waals surface area (Å²) in [5.41, 5.74) is 1.27. The van der Waals surface area contributed by atoms with Crippen molar-refractivity contribution in [2.24, 2.45) is 0 Å². The van der Waals surface area contributed by atoms with Gasteiger partial charge in [0.05, 0.1) is 16.5 Å². The molecule has 0 saturated carbocycles. The van der Waals surface area contributed by atoms with Gasteiger partial charge in [0, 0.05) is 17.8 Å². The molecule has 0 atom stereocenters. The van der Waals surface area contributed by atoms with Crippen LogP contribution in [0.25, 0.3) is 0 Å². The third-order valence-electron chi connectivity index (χ3n) is 3.69. The van der Waals surface area contributed by atoms with Crippen LogP contribution < -0.4 is 9.62 Å². The number of rotatable bonds is 3. The lowest BCUT2D eigenvalue weighted by Gasteiger charge is -2.17. The standard InChI is InChI=1S/C16H14ClFN2O3S/c17-14-10-12(4-7-15(14)18)19-16(21)11-2-5-13(6-3-11)20-8-1-9-24(20,22)23/h2-7,10H,1,8-9H2,(H,19,21). The number of amides is 1. The normalized spacial score (nSPS) is 16.2. The Labute approximate surface area is 144 Å². The van der Waals surface area contributed by atoms with Crippen molar-refractivity contribution in [3.8, 4) is 0 Å². The fourth-order valence-corrected chi connectivity index (χ4v) is 4.23. The molecule has 0 aliphatic carbocycles. The number of carbonyl (C=O) groups excluding carboxylic acids is 1. The van der Waals surface area contributed by atoms with E-state index in [0.717, 1.165) is 0 Å². The maximum Gasteiger partial charge on any atom is 0.255 e. The van der Waals surface area contributed by atoms with Crippen molar-refractivity contribution in [2.45, 2.75) is 6.42 Å². The van der Waals surface area contributed by atoms with Gasteiger partial charge in [0.1, 0.15) is 5.82 Å². The Kier molecular flexibility index (Phi) is 4.47. The molecule has 5 nitrogen and oxygen atoms in total. The van der Waals surface area contributed by atoms with Crippen LogP contribution in [-0.2, 0) is 10.0 Å². The number of nitrogens with zero attached hydrogens (tertiary/aromatic N) is 1. The Balaban J connectivity index is 1.75. The Morgan fingerprint density at radius 2 is 1.88 bits per heavy atom. The van der Waals surface area contributed by atoms with Gasteiger partial charge in [-0.2, -0.15) is 0 Å². The first kappa shape index (κ1) is 16.7. The van der Waals surface area contributed by atoms with Crippen molar-refractivity contribution in [3.05, 3.63) is 58.9 Å². The summed E-state index contributed by atoms with van der Waals surface area (Å²) in [6.45, 7) is 0.446. The molecule has 0 unspecified atom stereocenters. The van der Waals surface area contributed by atoms with Gasteiger partial charge in [-0.1, -0.05) is 11.6 Å². The van der Waals surface area contributed by atoms with Crippen LogP contribution >= 0.6 is 11.6 Å². The van der Waals surface area contributed by atoms with Gasteiger partial charge in [0.25, 0.3) is 5.91 Å². The summed E-state index contributed by atoms with van der Waals surface area (Å²) in [5, 5.41) is 2.53. The molecule has 1 aliphatic heterocycles. The lowest BCUT2D eigenvalue weighted by atomic mass is 10.2. The maximum absolute atomic E-state index is 13.1. The van der Waals surface area contributed by atoms with Crippen LogP contribution in [0.2, 0.25) is 5.02 Å². The fraction of sp³-hybridized carbons (Fsp3) is 0.188. The third-order valence-corrected chi connectivity index (χ3v) is 5.85. The number of hydrogen-bond donors (Lipinski definition) is 1. The summed E-state index contributed by atoms with van der Waals surface area (Å²) in [7, 11) is -3.25. The van der Waals surface area contributed by atoms with Gasteiger partial charge >= 0.3 is 0 Å². The van der Waals surface area contributed by atoms with Gasteiger partial charge in [-0.15, -0.1) is 0 Å². The van der Waals surface area contributed by atoms with Crippen LogP contribution in [0.4, 0.5) is 15.8 Å². The van der Waals surface area contributed by atoms with Gasteiger partial charge in [0.15, 0.2) is 0 Å². The second-order valence-corrected chi connectivity index (χ2v) is 7.79. The Hall–Kier alpha value is -2.12. The van der Waals surface area contributed by atoms with Crippen molar-refractivity contribution >= 4 is 38.9 Å². The van der Waals surface area contributed by atoms with Crippen LogP contribution in [0.15, 0.2) is 42.5 Å². The average molecular weight is 369 g/mol. The molecular weight excluding hydrogens is 355 g/mol. The van der Waals surface area contributed by atoms with E-state index in [4.69, 9.17) is 11.6 Å². The van der Waals surface area contributed by atoms with Crippen LogP contribution in [-0.4, -0.2) is 26.6 Å². The molecule has 3 rings (SSSR count). The SMILES string of the molecule is O=C(Nc1ccc(F)c(Cl)c1)c1ccc(N2CCCS2(=O)=O)cc1. The van der Waals surface area contributed by atoms with E-state index in [1.54, 1.807) is 24.3 Å². The number of benzene rings is 2. The average Bonchev–Trinajstić information content (AvgIpc) is 2.90. The minimum atomic E-state index is -3.25. The number of anilines is 2. The molecule has 126 valence electrons. The first-order chi connectivity index (χ1) is 11.4. The molecule has 1 N–H and O–H groups in total. The monoisotopic (exact) mass is 368 g/mol. The molecule has 1 saturated heterocycles. The van der Waals surface area contributed by atoms with Crippen molar-refractivity contribution < 1.29 is 17.6 Å². The van der Waals surface area contributed by atoms with Crippen LogP contribution in [0, 0.1) is 5.82 Å². The molecule has 1 aliphatic rings. The van der Waals surface area contributed by atoms with E-state index >= 15 is 0 Å². The Morgan fingerprint density at radius 1 is 1.17 bits per heavy atom. The third kappa shape index (κ3) is 3.37. The predicted octanol–water partition coefficient (Wildman–Crippen LogP) is 3.27. The Bertz CT molecular complexity index is 885. The molecule has 2 aromatic rings. The molecule has 0 spiro atoms. The minimum Gasteiger partial charge on any atom is -0.322 e. The summed E-state index contributed by atoms with van der Waals surface area (Å²) in [5.74, 6) is -0.819. The maximum atomic E-state index is 13.1. The number of sulfonamides is 1. The first-order valence-electron chi connectivity index (χ1n) is 7.24. The molecule has 1 amide bonds. The second-order valence-electron chi connectivity index (χ2n) is 5.37. The molecule has 2 aromatic carbocycles. The predicted molar refractivity (Wildman–Crippen MR) is 91.6 cm³/mol. The number of hydrogen-bond acceptors (Lipinski definition) is 3. The lowest BCUT2D eigenvalue weighted by Crippen LogP contribution is -2.25. The highest BCUT2D eigenvalue weighted by atomic mass is 35.5. The van der Waals surface area contributed by atoms with Crippen molar-refractivity contribution in [3.63, 3.8) is 0 Å². The van der Waals surface area contributed by atoms with Crippen LogP contribution in [0.3, 0.4) is 0 Å². The first-order valence-corrected chi connectivity index (χ1v) is 9.22. The lowest BCUT2D eigenvalue weighted by molar-refractivity contribution is 0.102. The number of carbonyl (C=O) groups is 1. The smallest absolute Gasteiger partial charge is 0.255 e. The molecule has 0 aromatic heterocycles. The van der Waals surface area contributed by atoms with Crippen molar-refractivity contribution in [1.29, 1.82) is 0 Å². The molecule has 1 heterocycles. The van der Waals surface area contributed by atoms with E-state index in [2.05, 4.69) is 5.32 Å². The van der Waals surface area contributed by atoms with Crippen molar-refractivity contribution in [1.82, 2.24) is 0 Å². The zero-order valence-electron chi connectivity index (χ0n) is 12.5.